The second-order valence-electron chi connectivity index (χ2n) is 5.82. The zero-order chi connectivity index (χ0) is 17.3. The van der Waals surface area contributed by atoms with Crippen molar-refractivity contribution in [3.05, 3.63) is 30.0 Å². The minimum absolute atomic E-state index is 0.104. The Morgan fingerprint density at radius 3 is 2.71 bits per heavy atom. The molecule has 1 atom stereocenters. The van der Waals surface area contributed by atoms with E-state index in [0.717, 1.165) is 12.8 Å². The van der Waals surface area contributed by atoms with Crippen molar-refractivity contribution in [2.45, 2.75) is 31.8 Å². The van der Waals surface area contributed by atoms with Gasteiger partial charge in [-0.25, -0.2) is 4.79 Å². The fourth-order valence-electron chi connectivity index (χ4n) is 3.14. The summed E-state index contributed by atoms with van der Waals surface area (Å²) in [5.74, 6) is -1.99. The van der Waals surface area contributed by atoms with Crippen molar-refractivity contribution in [3.63, 3.8) is 0 Å². The van der Waals surface area contributed by atoms with Crippen LogP contribution in [0.2, 0.25) is 0 Å². The lowest BCUT2D eigenvalue weighted by Gasteiger charge is -2.32. The number of amides is 2. The Labute approximate surface area is 137 Å². The largest absolute Gasteiger partial charge is 0.480 e. The average Bonchev–Trinajstić information content (AvgIpc) is 2.94. The molecule has 0 aliphatic carbocycles. The van der Waals surface area contributed by atoms with Crippen molar-refractivity contribution in [1.29, 1.82) is 0 Å². The Hall–Kier alpha value is -2.90. The van der Waals surface area contributed by atoms with Crippen LogP contribution < -0.4 is 5.73 Å². The third kappa shape index (κ3) is 2.82. The normalized spacial score (nSPS) is 17.8. The van der Waals surface area contributed by atoms with E-state index in [-0.39, 0.29) is 18.1 Å². The summed E-state index contributed by atoms with van der Waals surface area (Å²) in [7, 11) is 0. The van der Waals surface area contributed by atoms with Crippen LogP contribution in [0.3, 0.4) is 0 Å². The van der Waals surface area contributed by atoms with Crippen molar-refractivity contribution in [2.75, 3.05) is 6.54 Å². The van der Waals surface area contributed by atoms with Crippen molar-refractivity contribution in [2.24, 2.45) is 5.73 Å². The predicted molar refractivity (Wildman–Crippen MR) is 85.2 cm³/mol. The number of aromatic nitrogens is 2. The lowest BCUT2D eigenvalue weighted by atomic mass is 10.0. The summed E-state index contributed by atoms with van der Waals surface area (Å²) in [6, 6.07) is 6.19. The number of carboxylic acids is 1. The molecule has 1 aromatic heterocycles. The first kappa shape index (κ1) is 16.0. The van der Waals surface area contributed by atoms with Crippen LogP contribution in [0, 0.1) is 0 Å². The first-order valence-corrected chi connectivity index (χ1v) is 7.76. The number of rotatable bonds is 4. The van der Waals surface area contributed by atoms with Gasteiger partial charge in [0.2, 0.25) is 5.91 Å². The number of hydrogen-bond donors (Lipinski definition) is 2. The Bertz CT molecular complexity index is 814. The van der Waals surface area contributed by atoms with Crippen LogP contribution >= 0.6 is 0 Å². The average molecular weight is 330 g/mol. The molecule has 0 saturated carbocycles. The molecule has 0 radical (unpaired) electrons. The molecule has 1 aromatic carbocycles. The van der Waals surface area contributed by atoms with E-state index in [1.165, 1.54) is 9.58 Å². The fraction of sp³-hybridized carbons (Fsp3) is 0.375. The van der Waals surface area contributed by atoms with Crippen LogP contribution in [0.25, 0.3) is 10.9 Å². The molecule has 1 aliphatic rings. The van der Waals surface area contributed by atoms with Crippen LogP contribution in [0.1, 0.15) is 29.8 Å². The first-order chi connectivity index (χ1) is 11.5. The molecule has 0 unspecified atom stereocenters. The summed E-state index contributed by atoms with van der Waals surface area (Å²) in [4.78, 5) is 36.9. The number of carbonyl (C=O) groups is 3. The summed E-state index contributed by atoms with van der Waals surface area (Å²) in [5, 5.41) is 14.0. The molecule has 24 heavy (non-hydrogen) atoms. The van der Waals surface area contributed by atoms with Gasteiger partial charge in [0.15, 0.2) is 5.69 Å². The molecule has 8 heteroatoms. The Morgan fingerprint density at radius 2 is 2.00 bits per heavy atom. The van der Waals surface area contributed by atoms with E-state index in [9.17, 15) is 19.5 Å². The fourth-order valence-corrected chi connectivity index (χ4v) is 3.14. The number of fused-ring (bicyclic) bond motifs is 1. The zero-order valence-electron chi connectivity index (χ0n) is 13.0. The van der Waals surface area contributed by atoms with Crippen molar-refractivity contribution < 1.29 is 19.5 Å². The van der Waals surface area contributed by atoms with E-state index in [4.69, 9.17) is 5.73 Å². The van der Waals surface area contributed by atoms with Crippen LogP contribution in [0.5, 0.6) is 0 Å². The number of nitrogens with two attached hydrogens (primary N) is 1. The van der Waals surface area contributed by atoms with Crippen LogP contribution in [0.4, 0.5) is 0 Å². The first-order valence-electron chi connectivity index (χ1n) is 7.76. The molecule has 0 spiro atoms. The highest BCUT2D eigenvalue weighted by molar-refractivity contribution is 6.04. The highest BCUT2D eigenvalue weighted by atomic mass is 16.4. The number of carboxylic acid groups (broad SMARTS) is 1. The van der Waals surface area contributed by atoms with Gasteiger partial charge in [-0.05, 0) is 25.3 Å². The minimum Gasteiger partial charge on any atom is -0.480 e. The molecule has 8 nitrogen and oxygen atoms in total. The van der Waals surface area contributed by atoms with Gasteiger partial charge in [0.25, 0.3) is 5.91 Å². The van der Waals surface area contributed by atoms with Crippen LogP contribution in [-0.2, 0) is 16.1 Å². The highest BCUT2D eigenvalue weighted by Gasteiger charge is 2.32. The SMILES string of the molecule is NC(=O)c1nn(CC(=O)N2CCCC[C@H]2C(=O)O)c2ccccc12. The molecular weight excluding hydrogens is 312 g/mol. The van der Waals surface area contributed by atoms with Gasteiger partial charge < -0.3 is 15.7 Å². The van der Waals surface area contributed by atoms with E-state index < -0.39 is 17.9 Å². The second-order valence-corrected chi connectivity index (χ2v) is 5.82. The molecule has 1 aliphatic heterocycles. The van der Waals surface area contributed by atoms with E-state index in [2.05, 4.69) is 5.10 Å². The Balaban J connectivity index is 1.90. The highest BCUT2D eigenvalue weighted by Crippen LogP contribution is 2.21. The van der Waals surface area contributed by atoms with E-state index >= 15 is 0 Å². The maximum absolute atomic E-state index is 12.6. The maximum Gasteiger partial charge on any atom is 0.326 e. The minimum atomic E-state index is -0.994. The third-order valence-corrected chi connectivity index (χ3v) is 4.28. The van der Waals surface area contributed by atoms with Gasteiger partial charge >= 0.3 is 5.97 Å². The summed E-state index contributed by atoms with van der Waals surface area (Å²) < 4.78 is 1.41. The van der Waals surface area contributed by atoms with E-state index in [0.29, 0.717) is 23.9 Å². The predicted octanol–water partition coefficient (Wildman–Crippen LogP) is 0.601. The summed E-state index contributed by atoms with van der Waals surface area (Å²) in [6.07, 6.45) is 2.02. The molecule has 0 bridgehead atoms. The molecule has 1 saturated heterocycles. The Kier molecular flexibility index (Phi) is 4.20. The van der Waals surface area contributed by atoms with Gasteiger partial charge in [0, 0.05) is 11.9 Å². The number of carbonyl (C=O) groups excluding carboxylic acids is 2. The second kappa shape index (κ2) is 6.31. The molecule has 2 amide bonds. The molecule has 126 valence electrons. The third-order valence-electron chi connectivity index (χ3n) is 4.28. The number of hydrogen-bond acceptors (Lipinski definition) is 4. The number of primary amides is 1. The van der Waals surface area contributed by atoms with Crippen LogP contribution in [0.15, 0.2) is 24.3 Å². The quantitative estimate of drug-likeness (QED) is 0.851. The van der Waals surface area contributed by atoms with Crippen molar-refractivity contribution in [1.82, 2.24) is 14.7 Å². The topological polar surface area (TPSA) is 119 Å². The van der Waals surface area contributed by atoms with Gasteiger partial charge in [-0.3, -0.25) is 14.3 Å². The maximum atomic E-state index is 12.6. The molecule has 3 rings (SSSR count). The lowest BCUT2D eigenvalue weighted by Crippen LogP contribution is -2.49. The summed E-state index contributed by atoms with van der Waals surface area (Å²) >= 11 is 0. The number of likely N-dealkylation sites (tertiary alicyclic amines) is 1. The standard InChI is InChI=1S/C16H18N4O4/c17-15(22)14-10-5-1-2-6-11(10)20(18-14)9-13(21)19-8-4-3-7-12(19)16(23)24/h1-2,5-6,12H,3-4,7-9H2,(H2,17,22)(H,23,24)/t12-/m0/s1. The van der Waals surface area contributed by atoms with Gasteiger partial charge in [-0.1, -0.05) is 18.2 Å². The van der Waals surface area contributed by atoms with Crippen molar-refractivity contribution in [3.8, 4) is 0 Å². The van der Waals surface area contributed by atoms with E-state index in [1.54, 1.807) is 24.3 Å². The zero-order valence-corrected chi connectivity index (χ0v) is 13.0. The monoisotopic (exact) mass is 330 g/mol. The number of aliphatic carboxylic acids is 1. The number of para-hydroxylation sites is 1. The smallest absolute Gasteiger partial charge is 0.326 e. The molecule has 1 fully saturated rings. The van der Waals surface area contributed by atoms with Gasteiger partial charge in [0.1, 0.15) is 12.6 Å². The Morgan fingerprint density at radius 1 is 1.25 bits per heavy atom. The molecular formula is C16H18N4O4. The van der Waals surface area contributed by atoms with Gasteiger partial charge in [-0.15, -0.1) is 0 Å². The lowest BCUT2D eigenvalue weighted by molar-refractivity contribution is -0.152. The number of piperidine rings is 1. The van der Waals surface area contributed by atoms with E-state index in [1.807, 2.05) is 0 Å². The van der Waals surface area contributed by atoms with Gasteiger partial charge in [-0.2, -0.15) is 5.10 Å². The molecule has 3 N–H and O–H groups in total. The molecule has 2 heterocycles. The van der Waals surface area contributed by atoms with Crippen LogP contribution in [-0.4, -0.2) is 50.2 Å². The number of nitrogens with zero attached hydrogens (tertiary/aromatic N) is 3. The van der Waals surface area contributed by atoms with Crippen molar-refractivity contribution >= 4 is 28.7 Å². The molecule has 2 aromatic rings. The van der Waals surface area contributed by atoms with Gasteiger partial charge in [0.05, 0.1) is 5.52 Å². The number of benzene rings is 1. The summed E-state index contributed by atoms with van der Waals surface area (Å²) in [5.41, 5.74) is 6.06. The summed E-state index contributed by atoms with van der Waals surface area (Å²) in [6.45, 7) is 0.287.